The molecule has 1 rings (SSSR count). The van der Waals surface area contributed by atoms with E-state index in [1.165, 1.54) is 0 Å². The second kappa shape index (κ2) is 5.43. The van der Waals surface area contributed by atoms with Gasteiger partial charge in [-0.1, -0.05) is 13.5 Å². The van der Waals surface area contributed by atoms with Gasteiger partial charge >= 0.3 is 12.1 Å². The summed E-state index contributed by atoms with van der Waals surface area (Å²) in [5.74, 6) is 4.22. The standard InChI is InChI=1S/C9H17N3O5/c1-3-6-7(4-14-8(13)5(2)10)16-9(11,15-6)17-12/h6-7H,2-4,10-12H2,1H3/t6-,7-,9?/m1/s1. The molecule has 1 aliphatic rings. The van der Waals surface area contributed by atoms with Crippen LogP contribution in [0.1, 0.15) is 13.3 Å². The summed E-state index contributed by atoms with van der Waals surface area (Å²) in [6.45, 7) is 5.03. The van der Waals surface area contributed by atoms with Gasteiger partial charge in [-0.15, -0.1) is 0 Å². The van der Waals surface area contributed by atoms with Crippen molar-refractivity contribution in [2.45, 2.75) is 31.6 Å². The van der Waals surface area contributed by atoms with E-state index >= 15 is 0 Å². The molecular weight excluding hydrogens is 230 g/mol. The Balaban J connectivity index is 2.53. The molecular formula is C9H17N3O5. The maximum absolute atomic E-state index is 11.1. The Labute approximate surface area is 98.6 Å². The van der Waals surface area contributed by atoms with E-state index in [1.54, 1.807) is 0 Å². The number of ether oxygens (including phenoxy) is 3. The van der Waals surface area contributed by atoms with Crippen LogP contribution in [0.15, 0.2) is 12.3 Å². The van der Waals surface area contributed by atoms with Gasteiger partial charge in [-0.2, -0.15) is 0 Å². The molecule has 3 atom stereocenters. The van der Waals surface area contributed by atoms with Gasteiger partial charge in [0.15, 0.2) is 0 Å². The van der Waals surface area contributed by atoms with Crippen molar-refractivity contribution in [3.63, 3.8) is 0 Å². The summed E-state index contributed by atoms with van der Waals surface area (Å²) in [4.78, 5) is 15.5. The highest BCUT2D eigenvalue weighted by atomic mass is 17.0. The van der Waals surface area contributed by atoms with Crippen LogP contribution < -0.4 is 17.4 Å². The highest BCUT2D eigenvalue weighted by molar-refractivity contribution is 5.86. The van der Waals surface area contributed by atoms with E-state index in [1.807, 2.05) is 6.92 Å². The average Bonchev–Trinajstić information content (AvgIpc) is 2.63. The molecule has 0 saturated carbocycles. The molecule has 8 nitrogen and oxygen atoms in total. The Morgan fingerprint density at radius 3 is 2.53 bits per heavy atom. The minimum Gasteiger partial charge on any atom is -0.458 e. The van der Waals surface area contributed by atoms with Crippen LogP contribution >= 0.6 is 0 Å². The largest absolute Gasteiger partial charge is 0.458 e. The number of carbonyl (C=O) groups is 1. The van der Waals surface area contributed by atoms with E-state index in [4.69, 9.17) is 31.6 Å². The van der Waals surface area contributed by atoms with E-state index in [9.17, 15) is 4.79 Å². The lowest BCUT2D eigenvalue weighted by molar-refractivity contribution is -0.342. The third-order valence-corrected chi connectivity index (χ3v) is 2.25. The summed E-state index contributed by atoms with van der Waals surface area (Å²) in [6, 6.07) is 0. The van der Waals surface area contributed by atoms with Crippen LogP contribution in [0.25, 0.3) is 0 Å². The summed E-state index contributed by atoms with van der Waals surface area (Å²) < 4.78 is 15.2. The average molecular weight is 247 g/mol. The molecule has 17 heavy (non-hydrogen) atoms. The third-order valence-electron chi connectivity index (χ3n) is 2.25. The second-order valence-electron chi connectivity index (χ2n) is 3.57. The van der Waals surface area contributed by atoms with Crippen LogP contribution in [0, 0.1) is 0 Å². The molecule has 1 fully saturated rings. The number of esters is 1. The summed E-state index contributed by atoms with van der Waals surface area (Å²) in [6.07, 6.45) is -2.18. The molecule has 0 bridgehead atoms. The van der Waals surface area contributed by atoms with Crippen molar-refractivity contribution in [3.05, 3.63) is 12.3 Å². The second-order valence-corrected chi connectivity index (χ2v) is 3.57. The molecule has 8 heteroatoms. The van der Waals surface area contributed by atoms with Crippen molar-refractivity contribution >= 4 is 5.97 Å². The van der Waals surface area contributed by atoms with Crippen LogP contribution in [0.5, 0.6) is 0 Å². The van der Waals surface area contributed by atoms with Crippen LogP contribution in [-0.2, 0) is 23.8 Å². The van der Waals surface area contributed by atoms with E-state index in [0.29, 0.717) is 6.42 Å². The summed E-state index contributed by atoms with van der Waals surface area (Å²) >= 11 is 0. The minimum atomic E-state index is -1.81. The van der Waals surface area contributed by atoms with Gasteiger partial charge in [0, 0.05) is 0 Å². The first-order valence-corrected chi connectivity index (χ1v) is 5.05. The fourth-order valence-electron chi connectivity index (χ4n) is 1.40. The van der Waals surface area contributed by atoms with Gasteiger partial charge < -0.3 is 19.9 Å². The molecule has 0 aromatic rings. The number of hydrogen-bond donors (Lipinski definition) is 3. The highest BCUT2D eigenvalue weighted by Crippen LogP contribution is 2.26. The zero-order valence-corrected chi connectivity index (χ0v) is 9.55. The van der Waals surface area contributed by atoms with E-state index in [2.05, 4.69) is 11.4 Å². The molecule has 98 valence electrons. The first-order chi connectivity index (χ1) is 7.91. The highest BCUT2D eigenvalue weighted by Gasteiger charge is 2.46. The van der Waals surface area contributed by atoms with Gasteiger partial charge in [-0.3, -0.25) is 5.73 Å². The number of nitrogens with two attached hydrogens (primary N) is 3. The molecule has 0 aromatic carbocycles. The van der Waals surface area contributed by atoms with Crippen molar-refractivity contribution in [2.24, 2.45) is 17.4 Å². The lowest BCUT2D eigenvalue weighted by Gasteiger charge is -2.18. The van der Waals surface area contributed by atoms with Gasteiger partial charge in [-0.05, 0) is 6.42 Å². The van der Waals surface area contributed by atoms with Crippen molar-refractivity contribution in [3.8, 4) is 0 Å². The first-order valence-electron chi connectivity index (χ1n) is 5.05. The SMILES string of the molecule is C=C(N)C(=O)OC[C@H]1OC(N)(ON)O[C@@H]1CC. The fraction of sp³-hybridized carbons (Fsp3) is 0.667. The maximum atomic E-state index is 11.1. The van der Waals surface area contributed by atoms with E-state index in [0.717, 1.165) is 0 Å². The summed E-state index contributed by atoms with van der Waals surface area (Å²) in [5, 5.41) is 0. The van der Waals surface area contributed by atoms with Crippen molar-refractivity contribution in [2.75, 3.05) is 6.61 Å². The number of carbonyl (C=O) groups excluding carboxylic acids is 1. The van der Waals surface area contributed by atoms with Gasteiger partial charge in [0.05, 0.1) is 6.10 Å². The number of hydrogen-bond acceptors (Lipinski definition) is 8. The molecule has 0 radical (unpaired) electrons. The van der Waals surface area contributed by atoms with Gasteiger partial charge in [0.1, 0.15) is 18.4 Å². The first kappa shape index (κ1) is 13.9. The van der Waals surface area contributed by atoms with Crippen LogP contribution in [0.2, 0.25) is 0 Å². The van der Waals surface area contributed by atoms with Crippen LogP contribution in [0.4, 0.5) is 0 Å². The predicted octanol–water partition coefficient (Wildman–Crippen LogP) is -1.34. The Bertz CT molecular complexity index is 311. The summed E-state index contributed by atoms with van der Waals surface area (Å²) in [5.41, 5.74) is 10.5. The lowest BCUT2D eigenvalue weighted by Crippen LogP contribution is -2.47. The Morgan fingerprint density at radius 2 is 2.06 bits per heavy atom. The quantitative estimate of drug-likeness (QED) is 0.235. The van der Waals surface area contributed by atoms with E-state index < -0.39 is 18.2 Å². The molecule has 0 aromatic heterocycles. The molecule has 6 N–H and O–H groups in total. The zero-order chi connectivity index (χ0) is 13.1. The Morgan fingerprint density at radius 1 is 1.47 bits per heavy atom. The Hall–Kier alpha value is -1.19. The zero-order valence-electron chi connectivity index (χ0n) is 9.55. The van der Waals surface area contributed by atoms with Crippen molar-refractivity contribution < 1.29 is 23.8 Å². The van der Waals surface area contributed by atoms with Crippen molar-refractivity contribution in [1.82, 2.24) is 0 Å². The molecule has 1 aliphatic heterocycles. The van der Waals surface area contributed by atoms with E-state index in [-0.39, 0.29) is 18.4 Å². The monoisotopic (exact) mass is 247 g/mol. The fourth-order valence-corrected chi connectivity index (χ4v) is 1.40. The predicted molar refractivity (Wildman–Crippen MR) is 56.5 cm³/mol. The number of rotatable bonds is 5. The normalized spacial score (nSPS) is 32.4. The molecule has 1 saturated heterocycles. The Kier molecular flexibility index (Phi) is 4.43. The molecule has 0 aliphatic carbocycles. The molecule has 0 amide bonds. The van der Waals surface area contributed by atoms with Gasteiger partial charge in [-0.25, -0.2) is 15.5 Å². The van der Waals surface area contributed by atoms with Gasteiger partial charge in [0.25, 0.3) is 0 Å². The third kappa shape index (κ3) is 3.38. The molecule has 0 spiro atoms. The minimum absolute atomic E-state index is 0.0735. The lowest BCUT2D eigenvalue weighted by atomic mass is 10.2. The van der Waals surface area contributed by atoms with Crippen LogP contribution in [0.3, 0.4) is 0 Å². The topological polar surface area (TPSA) is 132 Å². The van der Waals surface area contributed by atoms with Crippen molar-refractivity contribution in [1.29, 1.82) is 0 Å². The molecule has 1 unspecified atom stereocenters. The summed E-state index contributed by atoms with van der Waals surface area (Å²) in [7, 11) is 0. The maximum Gasteiger partial charge on any atom is 0.365 e. The molecule has 1 heterocycles. The smallest absolute Gasteiger partial charge is 0.365 e. The van der Waals surface area contributed by atoms with Crippen LogP contribution in [-0.4, -0.2) is 30.9 Å². The van der Waals surface area contributed by atoms with Gasteiger partial charge in [0.2, 0.25) is 0 Å².